The molecule has 24 heavy (non-hydrogen) atoms. The maximum atomic E-state index is 13.7. The Kier molecular flexibility index (Phi) is 5.25. The van der Waals surface area contributed by atoms with Crippen molar-refractivity contribution in [1.82, 2.24) is 5.32 Å². The highest BCUT2D eigenvalue weighted by atomic mass is 19.4. The number of nitro benzene ring substituents is 1. The van der Waals surface area contributed by atoms with E-state index in [1.54, 1.807) is 0 Å². The normalized spacial score (nSPS) is 18.3. The molecule has 0 bridgehead atoms. The quantitative estimate of drug-likeness (QED) is 0.515. The van der Waals surface area contributed by atoms with Gasteiger partial charge in [-0.05, 0) is 25.0 Å². The number of amides is 1. The fourth-order valence-electron chi connectivity index (χ4n) is 2.68. The number of anilines is 1. The number of hydrogen-bond acceptors (Lipinski definition) is 4. The van der Waals surface area contributed by atoms with Crippen LogP contribution in [0, 0.1) is 21.8 Å². The first-order chi connectivity index (χ1) is 11.2. The van der Waals surface area contributed by atoms with Crippen LogP contribution in [0.25, 0.3) is 0 Å². The first-order valence-corrected chi connectivity index (χ1v) is 7.21. The number of halogens is 4. The number of nitrogens with one attached hydrogen (secondary N) is 1. The van der Waals surface area contributed by atoms with E-state index in [9.17, 15) is 32.5 Å². The Morgan fingerprint density at radius 2 is 2.12 bits per heavy atom. The van der Waals surface area contributed by atoms with Crippen molar-refractivity contribution in [3.8, 4) is 0 Å². The van der Waals surface area contributed by atoms with E-state index in [1.807, 2.05) is 5.32 Å². The molecule has 1 atom stereocenters. The van der Waals surface area contributed by atoms with Gasteiger partial charge in [0.2, 0.25) is 11.7 Å². The summed E-state index contributed by atoms with van der Waals surface area (Å²) in [5.41, 5.74) is -0.679. The largest absolute Gasteiger partial charge is 0.405 e. The summed E-state index contributed by atoms with van der Waals surface area (Å²) in [6.07, 6.45) is -3.69. The highest BCUT2D eigenvalue weighted by Crippen LogP contribution is 2.33. The SMILES string of the molecule is O=C(NCC(F)(F)F)C1CCCN(c2cccc(F)c2[N+](=O)[O-])C1. The number of piperidine rings is 1. The molecule has 0 spiro atoms. The van der Waals surface area contributed by atoms with Gasteiger partial charge in [-0.2, -0.15) is 17.6 Å². The maximum Gasteiger partial charge on any atom is 0.405 e. The summed E-state index contributed by atoms with van der Waals surface area (Å²) >= 11 is 0. The van der Waals surface area contributed by atoms with Crippen molar-refractivity contribution in [2.24, 2.45) is 5.92 Å². The molecule has 1 aliphatic heterocycles. The summed E-state index contributed by atoms with van der Waals surface area (Å²) < 4.78 is 50.2. The predicted octanol–water partition coefficient (Wildman–Crippen LogP) is 2.63. The molecule has 1 heterocycles. The van der Waals surface area contributed by atoms with Gasteiger partial charge in [0.1, 0.15) is 12.2 Å². The zero-order valence-corrected chi connectivity index (χ0v) is 12.5. The van der Waals surface area contributed by atoms with Crippen LogP contribution in [0.4, 0.5) is 28.9 Å². The Balaban J connectivity index is 2.13. The Morgan fingerprint density at radius 3 is 2.75 bits per heavy atom. The second kappa shape index (κ2) is 7.02. The van der Waals surface area contributed by atoms with E-state index >= 15 is 0 Å². The van der Waals surface area contributed by atoms with Crippen LogP contribution >= 0.6 is 0 Å². The molecule has 0 radical (unpaired) electrons. The molecule has 0 saturated carbocycles. The van der Waals surface area contributed by atoms with E-state index in [-0.39, 0.29) is 12.2 Å². The summed E-state index contributed by atoms with van der Waals surface area (Å²) in [5, 5.41) is 12.9. The number of carbonyl (C=O) groups is 1. The molecule has 1 aromatic carbocycles. The molecule has 1 aliphatic rings. The molecule has 1 N–H and O–H groups in total. The second-order valence-corrected chi connectivity index (χ2v) is 5.48. The molecular weight excluding hydrogens is 334 g/mol. The molecule has 0 aliphatic carbocycles. The number of nitrogens with zero attached hydrogens (tertiary/aromatic N) is 2. The van der Waals surface area contributed by atoms with Gasteiger partial charge in [-0.1, -0.05) is 6.07 Å². The molecule has 2 rings (SSSR count). The zero-order chi connectivity index (χ0) is 17.9. The van der Waals surface area contributed by atoms with Gasteiger partial charge in [-0.25, -0.2) is 0 Å². The van der Waals surface area contributed by atoms with E-state index < -0.39 is 41.0 Å². The number of hydrogen-bond donors (Lipinski definition) is 1. The smallest absolute Gasteiger partial charge is 0.365 e. The minimum absolute atomic E-state index is 0.00597. The van der Waals surface area contributed by atoms with E-state index in [0.29, 0.717) is 19.4 Å². The van der Waals surface area contributed by atoms with Gasteiger partial charge in [0.25, 0.3) is 0 Å². The molecule has 132 valence electrons. The van der Waals surface area contributed by atoms with Crippen LogP contribution in [-0.2, 0) is 4.79 Å². The third kappa shape index (κ3) is 4.33. The van der Waals surface area contributed by atoms with E-state index in [4.69, 9.17) is 0 Å². The van der Waals surface area contributed by atoms with Crippen molar-refractivity contribution in [2.45, 2.75) is 19.0 Å². The van der Waals surface area contributed by atoms with E-state index in [2.05, 4.69) is 0 Å². The van der Waals surface area contributed by atoms with Crippen LogP contribution in [0.2, 0.25) is 0 Å². The van der Waals surface area contributed by atoms with Gasteiger partial charge < -0.3 is 10.2 Å². The standard InChI is InChI=1S/C14H15F4N3O3/c15-10-4-1-5-11(12(10)21(23)24)20-6-2-3-9(7-20)13(22)19-8-14(16,17)18/h1,4-5,9H,2-3,6-8H2,(H,19,22). The molecule has 1 fully saturated rings. The molecular formula is C14H15F4N3O3. The zero-order valence-electron chi connectivity index (χ0n) is 12.5. The lowest BCUT2D eigenvalue weighted by atomic mass is 9.96. The Labute approximate surface area is 134 Å². The number of carbonyl (C=O) groups excluding carboxylic acids is 1. The highest BCUT2D eigenvalue weighted by molar-refractivity contribution is 5.80. The minimum atomic E-state index is -4.51. The molecule has 10 heteroatoms. The Hall–Kier alpha value is -2.39. The van der Waals surface area contributed by atoms with Crippen LogP contribution in [0.5, 0.6) is 0 Å². The van der Waals surface area contributed by atoms with E-state index in [1.165, 1.54) is 17.0 Å². The number of nitro groups is 1. The number of para-hydroxylation sites is 1. The predicted molar refractivity (Wildman–Crippen MR) is 77.1 cm³/mol. The van der Waals surface area contributed by atoms with Crippen LogP contribution < -0.4 is 10.2 Å². The lowest BCUT2D eigenvalue weighted by Crippen LogP contribution is -2.45. The molecule has 1 saturated heterocycles. The van der Waals surface area contributed by atoms with Gasteiger partial charge in [0.05, 0.1) is 10.8 Å². The Morgan fingerprint density at radius 1 is 1.42 bits per heavy atom. The molecule has 1 unspecified atom stereocenters. The van der Waals surface area contributed by atoms with Crippen molar-refractivity contribution in [3.05, 3.63) is 34.1 Å². The molecule has 1 aromatic rings. The van der Waals surface area contributed by atoms with E-state index in [0.717, 1.165) is 6.07 Å². The third-order valence-electron chi connectivity index (χ3n) is 3.74. The lowest BCUT2D eigenvalue weighted by molar-refractivity contribution is -0.386. The van der Waals surface area contributed by atoms with Crippen molar-refractivity contribution in [3.63, 3.8) is 0 Å². The maximum absolute atomic E-state index is 13.7. The van der Waals surface area contributed by atoms with Gasteiger partial charge in [-0.3, -0.25) is 14.9 Å². The minimum Gasteiger partial charge on any atom is -0.365 e. The van der Waals surface area contributed by atoms with Gasteiger partial charge in [-0.15, -0.1) is 0 Å². The summed E-state index contributed by atoms with van der Waals surface area (Å²) in [6.45, 7) is -1.08. The van der Waals surface area contributed by atoms with Gasteiger partial charge in [0.15, 0.2) is 0 Å². The summed E-state index contributed by atoms with van der Waals surface area (Å²) in [4.78, 5) is 23.5. The topological polar surface area (TPSA) is 75.5 Å². The second-order valence-electron chi connectivity index (χ2n) is 5.48. The average molecular weight is 349 g/mol. The summed E-state index contributed by atoms with van der Waals surface area (Å²) in [7, 11) is 0. The Bertz CT molecular complexity index is 636. The van der Waals surface area contributed by atoms with Crippen LogP contribution in [0.1, 0.15) is 12.8 Å². The molecule has 0 aromatic heterocycles. The van der Waals surface area contributed by atoms with Crippen molar-refractivity contribution < 1.29 is 27.3 Å². The highest BCUT2D eigenvalue weighted by Gasteiger charge is 2.33. The first-order valence-electron chi connectivity index (χ1n) is 7.21. The average Bonchev–Trinajstić information content (AvgIpc) is 2.51. The van der Waals surface area contributed by atoms with Crippen LogP contribution in [-0.4, -0.2) is 36.6 Å². The molecule has 1 amide bonds. The van der Waals surface area contributed by atoms with Crippen LogP contribution in [0.3, 0.4) is 0 Å². The first kappa shape index (κ1) is 18.0. The van der Waals surface area contributed by atoms with Gasteiger partial charge >= 0.3 is 11.9 Å². The molecule has 6 nitrogen and oxygen atoms in total. The number of rotatable bonds is 4. The van der Waals surface area contributed by atoms with Gasteiger partial charge in [0, 0.05) is 13.1 Å². The monoisotopic (exact) mass is 349 g/mol. The number of alkyl halides is 3. The third-order valence-corrected chi connectivity index (χ3v) is 3.74. The van der Waals surface area contributed by atoms with Crippen molar-refractivity contribution in [2.75, 3.05) is 24.5 Å². The fraction of sp³-hybridized carbons (Fsp3) is 0.500. The summed E-state index contributed by atoms with van der Waals surface area (Å²) in [6, 6.07) is 3.63. The fourth-order valence-corrected chi connectivity index (χ4v) is 2.68. The van der Waals surface area contributed by atoms with Crippen molar-refractivity contribution >= 4 is 17.3 Å². The van der Waals surface area contributed by atoms with Crippen molar-refractivity contribution in [1.29, 1.82) is 0 Å². The van der Waals surface area contributed by atoms with Crippen LogP contribution in [0.15, 0.2) is 18.2 Å². The summed E-state index contributed by atoms with van der Waals surface area (Å²) in [5.74, 6) is -2.51. The lowest BCUT2D eigenvalue weighted by Gasteiger charge is -2.33. The number of benzene rings is 1.